The van der Waals surface area contributed by atoms with E-state index >= 15 is 0 Å². The van der Waals surface area contributed by atoms with Crippen LogP contribution in [0.15, 0.2) is 0 Å². The number of rotatable bonds is 8. The van der Waals surface area contributed by atoms with Crippen LogP contribution < -0.4 is 4.72 Å². The summed E-state index contributed by atoms with van der Waals surface area (Å²) < 4.78 is 29.9. The number of nitrogens with one attached hydrogen (secondary N) is 1. The van der Waals surface area contributed by atoms with Crippen LogP contribution in [0.25, 0.3) is 0 Å². The molecule has 0 aromatic rings. The van der Waals surface area contributed by atoms with Crippen LogP contribution in [0.3, 0.4) is 0 Å². The maximum absolute atomic E-state index is 11.3. The molecule has 2 N–H and O–H groups in total. The van der Waals surface area contributed by atoms with Crippen molar-refractivity contribution >= 4 is 10.0 Å². The molecular formula is C8H19NO4S. The van der Waals surface area contributed by atoms with Gasteiger partial charge in [0.15, 0.2) is 0 Å². The zero-order valence-corrected chi connectivity index (χ0v) is 9.51. The molecule has 1 unspecified atom stereocenters. The van der Waals surface area contributed by atoms with Gasteiger partial charge in [0.25, 0.3) is 0 Å². The summed E-state index contributed by atoms with van der Waals surface area (Å²) in [4.78, 5) is 0. The van der Waals surface area contributed by atoms with E-state index in [4.69, 9.17) is 9.84 Å². The maximum atomic E-state index is 11.3. The van der Waals surface area contributed by atoms with Crippen LogP contribution in [-0.2, 0) is 14.8 Å². The van der Waals surface area contributed by atoms with Crippen molar-refractivity contribution in [1.29, 1.82) is 0 Å². The third-order valence-corrected chi connectivity index (χ3v) is 3.25. The van der Waals surface area contributed by atoms with Gasteiger partial charge in [0.1, 0.15) is 0 Å². The maximum Gasteiger partial charge on any atom is 0.211 e. The van der Waals surface area contributed by atoms with Crippen LogP contribution in [0.1, 0.15) is 19.8 Å². The number of unbranched alkanes of at least 4 members (excludes halogenated alkanes) is 1. The van der Waals surface area contributed by atoms with Gasteiger partial charge in [-0.05, 0) is 19.8 Å². The van der Waals surface area contributed by atoms with Gasteiger partial charge in [-0.3, -0.25) is 0 Å². The third kappa shape index (κ3) is 7.25. The van der Waals surface area contributed by atoms with Crippen molar-refractivity contribution in [3.8, 4) is 0 Å². The van der Waals surface area contributed by atoms with E-state index < -0.39 is 10.0 Å². The van der Waals surface area contributed by atoms with Gasteiger partial charge in [0, 0.05) is 20.3 Å². The minimum Gasteiger partial charge on any atom is -0.396 e. The second-order valence-corrected chi connectivity index (χ2v) is 5.07. The third-order valence-electron chi connectivity index (χ3n) is 1.81. The number of ether oxygens (including phenoxy) is 1. The first-order chi connectivity index (χ1) is 6.52. The van der Waals surface area contributed by atoms with Crippen LogP contribution in [0, 0.1) is 0 Å². The standard InChI is InChI=1S/C8H19NO4S/c1-8(13-2)7-9-14(11,12)6-4-3-5-10/h8-10H,3-7H2,1-2H3. The first-order valence-electron chi connectivity index (χ1n) is 4.63. The summed E-state index contributed by atoms with van der Waals surface area (Å²) in [5.74, 6) is 0.0595. The molecule has 0 saturated heterocycles. The van der Waals surface area contributed by atoms with Crippen molar-refractivity contribution in [3.05, 3.63) is 0 Å². The molecule has 0 rings (SSSR count). The van der Waals surface area contributed by atoms with Crippen molar-refractivity contribution in [1.82, 2.24) is 4.72 Å². The Morgan fingerprint density at radius 3 is 2.57 bits per heavy atom. The normalized spacial score (nSPS) is 14.2. The molecule has 0 spiro atoms. The average Bonchev–Trinajstić information content (AvgIpc) is 2.14. The van der Waals surface area contributed by atoms with Gasteiger partial charge in [-0.25, -0.2) is 13.1 Å². The minimum atomic E-state index is -3.20. The second-order valence-electron chi connectivity index (χ2n) is 3.14. The molecule has 0 aliphatic rings. The number of methoxy groups -OCH3 is 1. The molecule has 6 heteroatoms. The van der Waals surface area contributed by atoms with Gasteiger partial charge in [-0.15, -0.1) is 0 Å². The molecular weight excluding hydrogens is 206 g/mol. The number of aliphatic hydroxyl groups excluding tert-OH is 1. The Bertz CT molecular complexity index is 227. The molecule has 0 radical (unpaired) electrons. The highest BCUT2D eigenvalue weighted by molar-refractivity contribution is 7.89. The summed E-state index contributed by atoms with van der Waals surface area (Å²) in [7, 11) is -1.67. The fourth-order valence-electron chi connectivity index (χ4n) is 0.804. The zero-order chi connectivity index (χ0) is 11.0. The van der Waals surface area contributed by atoms with Crippen molar-refractivity contribution in [3.63, 3.8) is 0 Å². The summed E-state index contributed by atoms with van der Waals surface area (Å²) in [6.07, 6.45) is 0.871. The largest absolute Gasteiger partial charge is 0.396 e. The fraction of sp³-hybridized carbons (Fsp3) is 1.00. The molecule has 1 atom stereocenters. The van der Waals surface area contributed by atoms with Gasteiger partial charge >= 0.3 is 0 Å². The van der Waals surface area contributed by atoms with Crippen LogP contribution >= 0.6 is 0 Å². The Kier molecular flexibility index (Phi) is 7.08. The van der Waals surface area contributed by atoms with Crippen molar-refractivity contribution < 1.29 is 18.3 Å². The van der Waals surface area contributed by atoms with Crippen molar-refractivity contribution in [2.75, 3.05) is 26.0 Å². The van der Waals surface area contributed by atoms with Crippen molar-refractivity contribution in [2.24, 2.45) is 0 Å². The lowest BCUT2D eigenvalue weighted by Crippen LogP contribution is -2.33. The Morgan fingerprint density at radius 2 is 2.07 bits per heavy atom. The zero-order valence-electron chi connectivity index (χ0n) is 8.69. The van der Waals surface area contributed by atoms with Gasteiger partial charge in [0.2, 0.25) is 10.0 Å². The SMILES string of the molecule is COC(C)CNS(=O)(=O)CCCCO. The predicted octanol–water partition coefficient (Wildman–Crippen LogP) is -0.287. The molecule has 5 nitrogen and oxygen atoms in total. The van der Waals surface area contributed by atoms with Gasteiger partial charge in [-0.2, -0.15) is 0 Å². The smallest absolute Gasteiger partial charge is 0.211 e. The van der Waals surface area contributed by atoms with E-state index in [1.165, 1.54) is 7.11 Å². The average molecular weight is 225 g/mol. The van der Waals surface area contributed by atoms with E-state index in [9.17, 15) is 8.42 Å². The summed E-state index contributed by atoms with van der Waals surface area (Å²) in [6.45, 7) is 2.11. The summed E-state index contributed by atoms with van der Waals surface area (Å²) in [5.41, 5.74) is 0. The van der Waals surface area contributed by atoms with Crippen LogP contribution in [0.5, 0.6) is 0 Å². The molecule has 14 heavy (non-hydrogen) atoms. The number of hydrogen-bond donors (Lipinski definition) is 2. The van der Waals surface area contributed by atoms with E-state index in [-0.39, 0.29) is 25.0 Å². The summed E-state index contributed by atoms with van der Waals surface area (Å²) in [5, 5.41) is 8.48. The minimum absolute atomic E-state index is 0.0317. The highest BCUT2D eigenvalue weighted by atomic mass is 32.2. The van der Waals surface area contributed by atoms with E-state index in [0.717, 1.165) is 0 Å². The Balaban J connectivity index is 3.73. The quantitative estimate of drug-likeness (QED) is 0.557. The van der Waals surface area contributed by atoms with Crippen molar-refractivity contribution in [2.45, 2.75) is 25.9 Å². The molecule has 0 amide bonds. The fourth-order valence-corrected chi connectivity index (χ4v) is 2.02. The highest BCUT2D eigenvalue weighted by Gasteiger charge is 2.10. The molecule has 0 aliphatic carbocycles. The van der Waals surface area contributed by atoms with Crippen LogP contribution in [0.4, 0.5) is 0 Å². The summed E-state index contributed by atoms with van der Waals surface area (Å²) >= 11 is 0. The summed E-state index contributed by atoms with van der Waals surface area (Å²) in [6, 6.07) is 0. The first kappa shape index (κ1) is 13.8. The topological polar surface area (TPSA) is 75.6 Å². The number of aliphatic hydroxyl groups is 1. The van der Waals surface area contributed by atoms with E-state index in [1.54, 1.807) is 6.92 Å². The van der Waals surface area contributed by atoms with E-state index in [0.29, 0.717) is 12.8 Å². The number of hydrogen-bond acceptors (Lipinski definition) is 4. The van der Waals surface area contributed by atoms with Gasteiger partial charge < -0.3 is 9.84 Å². The first-order valence-corrected chi connectivity index (χ1v) is 6.28. The molecule has 0 saturated carbocycles. The monoisotopic (exact) mass is 225 g/mol. The second kappa shape index (κ2) is 7.17. The molecule has 0 aliphatic heterocycles. The number of sulfonamides is 1. The predicted molar refractivity (Wildman–Crippen MR) is 54.6 cm³/mol. The molecule has 0 fully saturated rings. The molecule has 0 aromatic heterocycles. The molecule has 0 heterocycles. The van der Waals surface area contributed by atoms with Gasteiger partial charge in [0.05, 0.1) is 11.9 Å². The Morgan fingerprint density at radius 1 is 1.43 bits per heavy atom. The lowest BCUT2D eigenvalue weighted by atomic mass is 10.4. The van der Waals surface area contributed by atoms with E-state index in [2.05, 4.69) is 4.72 Å². The van der Waals surface area contributed by atoms with E-state index in [1.807, 2.05) is 0 Å². The Labute approximate surface area is 85.5 Å². The lowest BCUT2D eigenvalue weighted by molar-refractivity contribution is 0.122. The lowest BCUT2D eigenvalue weighted by Gasteiger charge is -2.10. The molecule has 0 aromatic carbocycles. The molecule has 86 valence electrons. The van der Waals surface area contributed by atoms with Crippen LogP contribution in [-0.4, -0.2) is 45.6 Å². The Hall–Kier alpha value is -0.170. The van der Waals surface area contributed by atoms with Gasteiger partial charge in [-0.1, -0.05) is 0 Å². The highest BCUT2D eigenvalue weighted by Crippen LogP contribution is 1.94. The molecule has 0 bridgehead atoms. The van der Waals surface area contributed by atoms with Crippen LogP contribution in [0.2, 0.25) is 0 Å².